The number of hydrogen-bond donors (Lipinski definition) is 0. The molecule has 0 radical (unpaired) electrons. The quantitative estimate of drug-likeness (QED) is 0.264. The van der Waals surface area contributed by atoms with Crippen LogP contribution in [0.4, 0.5) is 0 Å². The normalized spacial score (nSPS) is 13.1. The van der Waals surface area contributed by atoms with Crippen LogP contribution in [0.2, 0.25) is 0 Å². The minimum atomic E-state index is -0.470. The van der Waals surface area contributed by atoms with E-state index in [0.29, 0.717) is 34.3 Å². The minimum absolute atomic E-state index is 0.342. The van der Waals surface area contributed by atoms with Gasteiger partial charge in [0.25, 0.3) is 0 Å². The first-order chi connectivity index (χ1) is 9.72. The topological polar surface area (TPSA) is 61.6 Å². The van der Waals surface area contributed by atoms with Crippen LogP contribution in [0.1, 0.15) is 6.92 Å². The predicted octanol–water partition coefficient (Wildman–Crippen LogP) is -3.28. The molecule has 0 atom stereocenters. The average molecular weight is 392 g/mol. The van der Waals surface area contributed by atoms with Gasteiger partial charge in [-0.2, -0.15) is 0 Å². The first kappa shape index (κ1) is 17.1. The summed E-state index contributed by atoms with van der Waals surface area (Å²) in [5, 5.41) is 1.10. The van der Waals surface area contributed by atoms with Gasteiger partial charge >= 0.3 is 128 Å². The zero-order valence-corrected chi connectivity index (χ0v) is 13.9. The van der Waals surface area contributed by atoms with Crippen molar-refractivity contribution in [2.45, 2.75) is 6.92 Å². The van der Waals surface area contributed by atoms with Gasteiger partial charge in [-0.15, -0.1) is 0 Å². The van der Waals surface area contributed by atoms with Crippen molar-refractivity contribution < 1.29 is 35.1 Å². The summed E-state index contributed by atoms with van der Waals surface area (Å²) in [4.78, 5) is 16.2. The third-order valence-corrected chi connectivity index (χ3v) is 4.40. The van der Waals surface area contributed by atoms with E-state index in [1.54, 1.807) is 32.3 Å². The van der Waals surface area contributed by atoms with Gasteiger partial charge in [0, 0.05) is 0 Å². The van der Waals surface area contributed by atoms with Crippen LogP contribution in [0.25, 0.3) is 12.2 Å². The van der Waals surface area contributed by atoms with Crippen LogP contribution in [0.3, 0.4) is 0 Å². The summed E-state index contributed by atoms with van der Waals surface area (Å²) in [6.07, 6.45) is 5.03. The van der Waals surface area contributed by atoms with Crippen LogP contribution < -0.4 is 37.4 Å². The molecule has 0 aliphatic rings. The number of nitrogens with zero attached hydrogens (tertiary/aromatic N) is 1. The number of aromatic nitrogens is 1. The molecule has 0 aliphatic heterocycles. The van der Waals surface area contributed by atoms with E-state index in [-0.39, 0.29) is 5.63 Å². The Hall–Kier alpha value is -0.990. The van der Waals surface area contributed by atoms with Crippen LogP contribution in [0, 0.1) is 3.90 Å². The number of methoxy groups -OCH3 is 1. The monoisotopic (exact) mass is 392 g/mol. The van der Waals surface area contributed by atoms with E-state index in [0.717, 1.165) is 4.43 Å². The van der Waals surface area contributed by atoms with Gasteiger partial charge in [-0.3, -0.25) is 0 Å². The zero-order chi connectivity index (χ0) is 14.8. The fourth-order valence-electron chi connectivity index (χ4n) is 1.39. The average Bonchev–Trinajstić information content (AvgIpc) is 2.43. The Morgan fingerprint density at radius 2 is 2.20 bits per heavy atom. The van der Waals surface area contributed by atoms with Gasteiger partial charge in [-0.1, -0.05) is 0 Å². The summed E-state index contributed by atoms with van der Waals surface area (Å²) in [6.45, 7) is 7.21. The second-order valence-corrected chi connectivity index (χ2v) is 6.44. The molecule has 0 aromatic carbocycles. The number of ether oxygens (including phenoxy) is 2. The Balaban J connectivity index is 2.71. The molecule has 0 aliphatic carbocycles. The van der Waals surface area contributed by atoms with Gasteiger partial charge in [-0.05, 0) is 0 Å². The molecule has 0 saturated heterocycles. The van der Waals surface area contributed by atoms with Crippen molar-refractivity contribution in [2.75, 3.05) is 31.4 Å². The molecule has 1 heterocycles. The molecule has 0 spiro atoms. The summed E-state index contributed by atoms with van der Waals surface area (Å²) in [7, 11) is 1.64. The molecule has 0 saturated carbocycles. The summed E-state index contributed by atoms with van der Waals surface area (Å²) in [5.74, 6) is 0. The first-order valence-corrected chi connectivity index (χ1v) is 8.79. The molecule has 112 valence electrons. The van der Waals surface area contributed by atoms with Crippen LogP contribution in [0.15, 0.2) is 21.9 Å². The fraction of sp³-hybridized carbons (Fsp3) is 0.429. The summed E-state index contributed by atoms with van der Waals surface area (Å²) in [6, 6.07) is 0. The standard InChI is InChI=1S/C14H19INO4/c1-4-6-12-11(5-2)13(17)20-14(16-12)15-7-8-19-10-9-18-3/h4-6H,1,7-10H2,2-3H3/q-1/b11-5+,12-6+. The Bertz CT molecular complexity index is 594. The van der Waals surface area contributed by atoms with E-state index in [2.05, 4.69) is 11.6 Å². The first-order valence-electron chi connectivity index (χ1n) is 6.19. The van der Waals surface area contributed by atoms with Crippen molar-refractivity contribution in [2.24, 2.45) is 0 Å². The van der Waals surface area contributed by atoms with E-state index in [4.69, 9.17) is 13.9 Å². The molecule has 1 aromatic heterocycles. The Labute approximate surface area is 128 Å². The number of alkyl halides is 1. The Morgan fingerprint density at radius 3 is 2.85 bits per heavy atom. The van der Waals surface area contributed by atoms with Gasteiger partial charge in [0.2, 0.25) is 0 Å². The number of halogens is 1. The molecular weight excluding hydrogens is 373 g/mol. The van der Waals surface area contributed by atoms with Crippen molar-refractivity contribution in [3.05, 3.63) is 37.5 Å². The maximum atomic E-state index is 11.8. The van der Waals surface area contributed by atoms with E-state index in [9.17, 15) is 4.79 Å². The number of rotatable bonds is 8. The zero-order valence-electron chi connectivity index (χ0n) is 11.7. The Morgan fingerprint density at radius 1 is 1.40 bits per heavy atom. The van der Waals surface area contributed by atoms with Gasteiger partial charge in [-0.25, -0.2) is 0 Å². The third kappa shape index (κ3) is 5.56. The molecule has 5 nitrogen and oxygen atoms in total. The molecule has 6 heteroatoms. The molecular formula is C14H19INO4-. The van der Waals surface area contributed by atoms with Crippen molar-refractivity contribution in [1.29, 1.82) is 0 Å². The van der Waals surface area contributed by atoms with Crippen molar-refractivity contribution in [3.8, 4) is 0 Å². The third-order valence-electron chi connectivity index (χ3n) is 2.31. The van der Waals surface area contributed by atoms with Crippen LogP contribution in [0.5, 0.6) is 0 Å². The molecule has 20 heavy (non-hydrogen) atoms. The predicted molar refractivity (Wildman–Crippen MR) is 73.1 cm³/mol. The Kier molecular flexibility index (Phi) is 8.40. The van der Waals surface area contributed by atoms with E-state index < -0.39 is 21.2 Å². The molecule has 0 N–H and O–H groups in total. The fourth-order valence-corrected chi connectivity index (χ4v) is 3.17. The maximum absolute atomic E-state index is 11.8. The van der Waals surface area contributed by atoms with Gasteiger partial charge in [0.1, 0.15) is 0 Å². The molecule has 1 rings (SSSR count). The van der Waals surface area contributed by atoms with Gasteiger partial charge in [0.15, 0.2) is 0 Å². The van der Waals surface area contributed by atoms with Crippen molar-refractivity contribution in [3.63, 3.8) is 0 Å². The van der Waals surface area contributed by atoms with Gasteiger partial charge in [0.05, 0.1) is 0 Å². The van der Waals surface area contributed by atoms with Crippen molar-refractivity contribution in [1.82, 2.24) is 4.98 Å². The summed E-state index contributed by atoms with van der Waals surface area (Å²) >= 11 is -0.470. The molecule has 0 unspecified atom stereocenters. The number of allylic oxidation sites excluding steroid dienone is 1. The van der Waals surface area contributed by atoms with Gasteiger partial charge < -0.3 is 0 Å². The van der Waals surface area contributed by atoms with Crippen LogP contribution >= 0.6 is 0 Å². The molecule has 0 amide bonds. The molecule has 0 fully saturated rings. The van der Waals surface area contributed by atoms with Crippen LogP contribution in [-0.2, 0) is 9.47 Å². The van der Waals surface area contributed by atoms with Crippen molar-refractivity contribution >= 4 is 12.2 Å². The van der Waals surface area contributed by atoms with E-state index in [1.807, 2.05) is 0 Å². The second kappa shape index (κ2) is 9.84. The summed E-state index contributed by atoms with van der Waals surface area (Å²) in [5.41, 5.74) is -0.342. The van der Waals surface area contributed by atoms with Crippen LogP contribution in [-0.4, -0.2) is 36.3 Å². The second-order valence-electron chi connectivity index (χ2n) is 3.67. The van der Waals surface area contributed by atoms with E-state index in [1.165, 1.54) is 0 Å². The SMILES string of the molecule is C=C/C=c1/nc([I-]CCOCCOC)oc(=O)/c1=C/C. The van der Waals surface area contributed by atoms with E-state index >= 15 is 0 Å². The summed E-state index contributed by atoms with van der Waals surface area (Å²) < 4.78 is 16.9. The molecule has 0 bridgehead atoms. The number of hydrogen-bond acceptors (Lipinski definition) is 5. The molecule has 1 aromatic rings.